The molecule has 1 amide bonds. The molecule has 13 nitrogen and oxygen atoms in total. The molecule has 2 saturated heterocycles. The number of amides is 1. The molecule has 0 radical (unpaired) electrons. The third kappa shape index (κ3) is 14.3. The number of hydrogen-bond donors (Lipinski definition) is 2. The summed E-state index contributed by atoms with van der Waals surface area (Å²) in [6, 6.07) is -1.10. The normalized spacial score (nSPS) is 39.6. The summed E-state index contributed by atoms with van der Waals surface area (Å²) in [7, 11) is 4.68. The number of aliphatic hydroxyl groups excluding tert-OH is 1. The predicted octanol–water partition coefficient (Wildman–Crippen LogP) is 6.82. The Labute approximate surface area is 376 Å². The molecule has 1 unspecified atom stereocenters. The number of fused-ring (bicyclic) bond motifs is 3. The number of methoxy groups -OCH3 is 3. The molecule has 1 aliphatic carbocycles. The predicted molar refractivity (Wildman–Crippen MR) is 239 cm³/mol. The van der Waals surface area contributed by atoms with E-state index in [-0.39, 0.29) is 48.9 Å². The van der Waals surface area contributed by atoms with E-state index in [1.54, 1.807) is 34.1 Å². The van der Waals surface area contributed by atoms with Crippen LogP contribution in [0, 0.1) is 35.5 Å². The summed E-state index contributed by atoms with van der Waals surface area (Å²) in [4.78, 5) is 71.3. The van der Waals surface area contributed by atoms with Crippen molar-refractivity contribution in [2.45, 2.75) is 173 Å². The Bertz CT molecular complexity index is 1670. The topological polar surface area (TPSA) is 175 Å². The van der Waals surface area contributed by atoms with Gasteiger partial charge in [0, 0.05) is 58.5 Å². The van der Waals surface area contributed by atoms with Crippen molar-refractivity contribution < 1.29 is 57.9 Å². The van der Waals surface area contributed by atoms with Crippen LogP contribution in [0.1, 0.15) is 125 Å². The van der Waals surface area contributed by atoms with Crippen molar-refractivity contribution in [2.24, 2.45) is 35.5 Å². The zero-order valence-electron chi connectivity index (χ0n) is 39.4. The Kier molecular flexibility index (Phi) is 20.6. The molecule has 0 spiro atoms. The lowest BCUT2D eigenvalue weighted by molar-refractivity contribution is -0.265. The fourth-order valence-corrected chi connectivity index (χ4v) is 9.81. The first-order valence-corrected chi connectivity index (χ1v) is 23.4. The van der Waals surface area contributed by atoms with Crippen LogP contribution in [0.25, 0.3) is 0 Å². The van der Waals surface area contributed by atoms with Crippen LogP contribution >= 0.6 is 0 Å². The van der Waals surface area contributed by atoms with E-state index in [0.29, 0.717) is 50.9 Å². The minimum absolute atomic E-state index is 0.0353. The molecule has 0 aromatic carbocycles. The average molecular weight is 884 g/mol. The molecule has 4 rings (SSSR count). The van der Waals surface area contributed by atoms with Gasteiger partial charge >= 0.3 is 5.97 Å². The lowest BCUT2D eigenvalue weighted by Crippen LogP contribution is -2.61. The minimum atomic E-state index is -2.41. The van der Waals surface area contributed by atoms with Gasteiger partial charge in [-0.15, -0.1) is 0 Å². The zero-order valence-corrected chi connectivity index (χ0v) is 39.4. The van der Waals surface area contributed by atoms with E-state index in [2.05, 4.69) is 0 Å². The molecule has 354 valence electrons. The number of rotatable bonds is 6. The largest absolute Gasteiger partial charge is 0.460 e. The molecule has 2 N–H and O–H groups in total. The molecule has 0 aromatic heterocycles. The van der Waals surface area contributed by atoms with E-state index >= 15 is 0 Å². The van der Waals surface area contributed by atoms with Crippen molar-refractivity contribution in [1.29, 1.82) is 0 Å². The van der Waals surface area contributed by atoms with Crippen LogP contribution in [0.15, 0.2) is 48.1 Å². The molecule has 0 aromatic rings. The average Bonchev–Trinajstić information content (AvgIpc) is 3.27. The maximum Gasteiger partial charge on any atom is 0.329 e. The Morgan fingerprint density at radius 3 is 2.29 bits per heavy atom. The first-order chi connectivity index (χ1) is 29.9. The highest BCUT2D eigenvalue weighted by Crippen LogP contribution is 2.37. The third-order valence-electron chi connectivity index (χ3n) is 14.0. The van der Waals surface area contributed by atoms with Crippen molar-refractivity contribution in [2.75, 3.05) is 27.9 Å². The summed E-state index contributed by atoms with van der Waals surface area (Å²) >= 11 is 0. The van der Waals surface area contributed by atoms with Crippen molar-refractivity contribution in [3.8, 4) is 0 Å². The highest BCUT2D eigenvalue weighted by atomic mass is 16.6. The van der Waals surface area contributed by atoms with Crippen molar-refractivity contribution in [3.05, 3.63) is 48.1 Å². The van der Waals surface area contributed by atoms with Gasteiger partial charge in [0.25, 0.3) is 11.7 Å². The number of aliphatic hydroxyl groups is 2. The molecule has 3 fully saturated rings. The molecule has 4 aliphatic rings. The van der Waals surface area contributed by atoms with E-state index in [9.17, 15) is 34.2 Å². The van der Waals surface area contributed by atoms with Gasteiger partial charge in [-0.25, -0.2) is 4.79 Å². The summed E-state index contributed by atoms with van der Waals surface area (Å²) in [5.41, 5.74) is 0.890. The van der Waals surface area contributed by atoms with Gasteiger partial charge in [0.15, 0.2) is 5.78 Å². The monoisotopic (exact) mass is 884 g/mol. The summed E-state index contributed by atoms with van der Waals surface area (Å²) in [6.45, 7) is 11.2. The number of carbonyl (C=O) groups excluding carboxylic acids is 5. The van der Waals surface area contributed by atoms with Crippen LogP contribution in [0.4, 0.5) is 0 Å². The molecule has 3 heterocycles. The second-order valence-corrected chi connectivity index (χ2v) is 19.0. The van der Waals surface area contributed by atoms with Crippen LogP contribution in [-0.2, 0) is 47.7 Å². The smallest absolute Gasteiger partial charge is 0.329 e. The standard InChI is InChI=1S/C50H77NO12/c1-31-16-11-10-12-17-33(3)43(60-8)29-39-23-22-36(6)50(58,63-39)47(55)48(56)51-25-14-13-20-40(51)49(57)62-44(34(4)27-37-18-15-19-38(28-37)59-7)30-42(53)32(2)21-24-41(52)46(61-9)45(54)35(5)26-31/h10-12,16-17,21,24,31-32,34-41,43-44,46,52,58H,13-15,18-20,22-23,25-30H2,1-9H3/b12-10+,16-11+,24-21+,33-17+/t31-,32-,34-,35-,36-,37?,38+,39+,40+,41-,43+,44+,46-,50-/m1/s1. The molecule has 2 bridgehead atoms. The second-order valence-electron chi connectivity index (χ2n) is 19.0. The molecule has 14 atom stereocenters. The number of cyclic esters (lactones) is 1. The van der Waals surface area contributed by atoms with Crippen LogP contribution in [-0.4, -0.2) is 121 Å². The van der Waals surface area contributed by atoms with E-state index < -0.39 is 77.8 Å². The number of ketones is 3. The van der Waals surface area contributed by atoms with Crippen LogP contribution in [0.5, 0.6) is 0 Å². The van der Waals surface area contributed by atoms with Gasteiger partial charge in [-0.3, -0.25) is 19.2 Å². The first-order valence-electron chi connectivity index (χ1n) is 23.4. The van der Waals surface area contributed by atoms with Gasteiger partial charge in [-0.2, -0.15) is 0 Å². The summed E-state index contributed by atoms with van der Waals surface area (Å²) in [6.07, 6.45) is 16.0. The number of allylic oxidation sites excluding steroid dienone is 6. The highest BCUT2D eigenvalue weighted by Gasteiger charge is 2.53. The Morgan fingerprint density at radius 1 is 0.841 bits per heavy atom. The summed E-state index contributed by atoms with van der Waals surface area (Å²) < 4.78 is 29.4. The number of carbonyl (C=O) groups is 5. The molecule has 63 heavy (non-hydrogen) atoms. The molecule has 3 aliphatic heterocycles. The first kappa shape index (κ1) is 52.3. The maximum atomic E-state index is 14.3. The van der Waals surface area contributed by atoms with Gasteiger partial charge < -0.3 is 38.8 Å². The van der Waals surface area contributed by atoms with Gasteiger partial charge in [0.05, 0.1) is 18.3 Å². The van der Waals surface area contributed by atoms with Crippen molar-refractivity contribution in [1.82, 2.24) is 4.90 Å². The number of hydrogen-bond acceptors (Lipinski definition) is 12. The van der Waals surface area contributed by atoms with Crippen molar-refractivity contribution in [3.63, 3.8) is 0 Å². The summed E-state index contributed by atoms with van der Waals surface area (Å²) in [5.74, 6) is -7.44. The van der Waals surface area contributed by atoms with Gasteiger partial charge in [0.1, 0.15) is 30.1 Å². The van der Waals surface area contributed by atoms with E-state index in [1.165, 1.54) is 18.1 Å². The summed E-state index contributed by atoms with van der Waals surface area (Å²) in [5, 5.41) is 23.1. The zero-order chi connectivity index (χ0) is 46.4. The van der Waals surface area contributed by atoms with Gasteiger partial charge in [0.2, 0.25) is 5.79 Å². The lowest BCUT2D eigenvalue weighted by Gasteiger charge is -2.42. The Morgan fingerprint density at radius 2 is 1.59 bits per heavy atom. The molecule has 1 saturated carbocycles. The van der Waals surface area contributed by atoms with Gasteiger partial charge in [-0.1, -0.05) is 90.0 Å². The molecular weight excluding hydrogens is 807 g/mol. The fraction of sp³-hybridized carbons (Fsp3) is 0.740. The van der Waals surface area contributed by atoms with E-state index in [1.807, 2.05) is 58.1 Å². The number of nitrogens with zero attached hydrogens (tertiary/aromatic N) is 1. The van der Waals surface area contributed by atoms with Crippen LogP contribution < -0.4 is 0 Å². The van der Waals surface area contributed by atoms with E-state index in [4.69, 9.17) is 23.7 Å². The second kappa shape index (κ2) is 24.8. The maximum absolute atomic E-state index is 14.3. The molecular formula is C50H77NO12. The highest BCUT2D eigenvalue weighted by molar-refractivity contribution is 6.39. The number of Topliss-reactive ketones (excluding diaryl/α,β-unsaturated/α-hetero) is 3. The van der Waals surface area contributed by atoms with Crippen LogP contribution in [0.2, 0.25) is 0 Å². The third-order valence-corrected chi connectivity index (χ3v) is 14.0. The SMILES string of the molecule is CO[C@H]1CCCC(C[C@@H](C)[C@@H]2CC(=O)[C@H](C)/C=C/[C@@H](O)[C@@H](OC)C(=O)[C@H](C)C[C@H](C)/C=C/C=C/C=C(\C)[C@@H](OC)C[C@@H]3CC[C@@H](C)[C@@](O)(O3)C(=O)C(=O)N3CCCC[C@H]3C(=O)O2)C1. The van der Waals surface area contributed by atoms with Gasteiger partial charge in [-0.05, 0) is 88.0 Å². The fourth-order valence-electron chi connectivity index (χ4n) is 9.81. The molecule has 13 heteroatoms. The van der Waals surface area contributed by atoms with E-state index in [0.717, 1.165) is 31.3 Å². The number of esters is 1. The number of ether oxygens (including phenoxy) is 5. The quantitative estimate of drug-likeness (QED) is 0.162. The minimum Gasteiger partial charge on any atom is -0.460 e. The Hall–Kier alpha value is -3.33. The van der Waals surface area contributed by atoms with Crippen molar-refractivity contribution >= 4 is 29.2 Å². The lowest BCUT2D eigenvalue weighted by atomic mass is 9.79. The van der Waals surface area contributed by atoms with Crippen LogP contribution in [0.3, 0.4) is 0 Å². The number of piperidine rings is 1. The Balaban J connectivity index is 1.67.